The fourth-order valence-corrected chi connectivity index (χ4v) is 7.44. The Morgan fingerprint density at radius 2 is 1.15 bits per heavy atom. The summed E-state index contributed by atoms with van der Waals surface area (Å²) in [6, 6.07) is 0. The lowest BCUT2D eigenvalue weighted by atomic mass is 10.2. The van der Waals surface area contributed by atoms with Crippen molar-refractivity contribution < 1.29 is 46.4 Å². The van der Waals surface area contributed by atoms with E-state index in [1.165, 1.54) is 18.2 Å². The van der Waals surface area contributed by atoms with Gasteiger partial charge in [0, 0.05) is 51.4 Å². The van der Waals surface area contributed by atoms with Crippen LogP contribution in [0.2, 0.25) is 0 Å². The van der Waals surface area contributed by atoms with Crippen LogP contribution in [0.5, 0.6) is 0 Å². The Labute approximate surface area is 515 Å². The zero-order valence-corrected chi connectivity index (χ0v) is 55.8. The van der Waals surface area contributed by atoms with Crippen molar-refractivity contribution in [3.05, 3.63) is 71.9 Å². The number of aliphatic imine (C=N–C) groups is 4. The number of aliphatic hydroxyl groups is 4. The van der Waals surface area contributed by atoms with Gasteiger partial charge in [0.25, 0.3) is 20.2 Å². The van der Waals surface area contributed by atoms with E-state index in [0.717, 1.165) is 77.9 Å². The quantitative estimate of drug-likeness (QED) is 0.00752. The molecule has 4 atom stereocenters. The number of amidine groups is 2. The molecule has 0 aliphatic carbocycles. The first-order chi connectivity index (χ1) is 40.0. The zero-order valence-electron chi connectivity index (χ0n) is 54.2. The highest BCUT2D eigenvalue weighted by Gasteiger charge is 2.13. The summed E-state index contributed by atoms with van der Waals surface area (Å²) in [6.07, 6.45) is 24.5. The fourth-order valence-electron chi connectivity index (χ4n) is 6.73. The van der Waals surface area contributed by atoms with Gasteiger partial charge >= 0.3 is 0 Å². The van der Waals surface area contributed by atoms with E-state index in [4.69, 9.17) is 26.3 Å². The molecule has 0 aromatic rings. The molecular formula is C59H118N14O10S2. The lowest BCUT2D eigenvalue weighted by Gasteiger charge is -2.23. The first-order valence-corrected chi connectivity index (χ1v) is 32.7. The number of hydrogen-bond acceptors (Lipinski definition) is 17. The van der Waals surface area contributed by atoms with E-state index < -0.39 is 50.4 Å². The fraction of sp³-hybridized carbons (Fsp3) is 0.695. The number of guanidine groups is 2. The van der Waals surface area contributed by atoms with E-state index >= 15 is 0 Å². The van der Waals surface area contributed by atoms with E-state index in [-0.39, 0.29) is 30.0 Å². The minimum atomic E-state index is -4.15. The van der Waals surface area contributed by atoms with Gasteiger partial charge in [0.1, 0.15) is 5.84 Å². The van der Waals surface area contributed by atoms with Crippen LogP contribution in [0.3, 0.4) is 0 Å². The zero-order chi connectivity index (χ0) is 66.1. The maximum atomic E-state index is 11.0. The maximum Gasteiger partial charge on any atom is 0.293 e. The molecule has 85 heavy (non-hydrogen) atoms. The predicted octanol–water partition coefficient (Wildman–Crippen LogP) is 4.67. The summed E-state index contributed by atoms with van der Waals surface area (Å²) >= 11 is 0. The van der Waals surface area contributed by atoms with Gasteiger partial charge in [-0.15, -0.1) is 12.3 Å². The highest BCUT2D eigenvalue weighted by atomic mass is 32.2. The van der Waals surface area contributed by atoms with Crippen LogP contribution in [-0.2, 0) is 20.2 Å². The lowest BCUT2D eigenvalue weighted by Crippen LogP contribution is -2.43. The Bertz CT molecular complexity index is 2190. The monoisotopic (exact) mass is 1250 g/mol. The van der Waals surface area contributed by atoms with Crippen LogP contribution >= 0.6 is 0 Å². The van der Waals surface area contributed by atoms with Gasteiger partial charge < -0.3 is 58.1 Å². The maximum absolute atomic E-state index is 11.0. The molecule has 0 aromatic carbocycles. The molecule has 0 saturated heterocycles. The second kappa shape index (κ2) is 59.5. The van der Waals surface area contributed by atoms with Crippen LogP contribution < -0.4 is 33.2 Å². The van der Waals surface area contributed by atoms with E-state index in [1.54, 1.807) is 52.5 Å². The number of rotatable bonds is 41. The smallest absolute Gasteiger partial charge is 0.293 e. The largest absolute Gasteiger partial charge is 0.393 e. The van der Waals surface area contributed by atoms with Crippen molar-refractivity contribution >= 4 is 43.8 Å². The molecular weight excluding hydrogens is 1130 g/mol. The average molecular weight is 1250 g/mol. The summed E-state index contributed by atoms with van der Waals surface area (Å²) in [5.74, 6) is 3.06. The topological polar surface area (TPSA) is 366 Å². The number of nitrogens with zero attached hydrogens (tertiary/aromatic N) is 8. The molecule has 0 rings (SSSR count). The van der Waals surface area contributed by atoms with Crippen molar-refractivity contribution in [2.45, 2.75) is 159 Å². The van der Waals surface area contributed by atoms with E-state index in [1.807, 2.05) is 30.9 Å². The van der Waals surface area contributed by atoms with Crippen LogP contribution in [0.25, 0.3) is 0 Å². The van der Waals surface area contributed by atoms with E-state index in [9.17, 15) is 37.3 Å². The van der Waals surface area contributed by atoms with E-state index in [0.29, 0.717) is 76.1 Å². The van der Waals surface area contributed by atoms with Crippen LogP contribution in [0, 0.1) is 12.3 Å². The molecule has 0 spiro atoms. The van der Waals surface area contributed by atoms with Gasteiger partial charge in [-0.25, -0.2) is 4.99 Å². The standard InChI is InChI=1S/C23H49N7O5S.C17H39N7O2.C14H20O3S.C3H4.C2H6/c1-6-29(7-2)13-8-11-25-12-9-22(24)26-15-23(28-19(3)10-14-36(33,34)35)27-18-30(16-20(4)31)17-21(5)32;1-5-23(6-2)10-7-9-20-16(18)22-17(19)21-13-24(12-15(4)26)11-8-14(3)25;1-3-4-5-6-7-8-9-10-11-12-13-14(2)18(15,16)17;1-3-2;1-2/h10,20-21,25,31-32H,6-9,11-18H2,1-5H3,(H2,24,26)(H,27,28)(H,33,34,35);14-15,25-26H,5-13H2,1-4H3,(H5,18,19,20,21,22);4-5,7-8,10-13H,2-3,6,9H2,1H3,(H,15,16,17);1H,2H3;1-2H3/b19-10+;;5-4-,8-7+,11-10-,13-12-;;. The summed E-state index contributed by atoms with van der Waals surface area (Å²) in [5, 5.41) is 47.6. The number of nitrogens with two attached hydrogens (primary N) is 3. The van der Waals surface area contributed by atoms with Crippen molar-refractivity contribution in [2.24, 2.45) is 37.2 Å². The van der Waals surface area contributed by atoms with Crippen LogP contribution in [0.4, 0.5) is 0 Å². The lowest BCUT2D eigenvalue weighted by molar-refractivity contribution is 0.0855. The molecule has 0 saturated carbocycles. The number of terminal acetylenes is 1. The minimum absolute atomic E-state index is 0.141. The molecule has 0 fully saturated rings. The highest BCUT2D eigenvalue weighted by Crippen LogP contribution is 2.04. The van der Waals surface area contributed by atoms with Crippen molar-refractivity contribution in [3.63, 3.8) is 0 Å². The van der Waals surface area contributed by atoms with E-state index in [2.05, 4.69) is 117 Å². The molecule has 0 aliphatic rings. The summed E-state index contributed by atoms with van der Waals surface area (Å²) in [4.78, 5) is 25.5. The minimum Gasteiger partial charge on any atom is -0.393 e. The summed E-state index contributed by atoms with van der Waals surface area (Å²) < 4.78 is 60.8. The summed E-state index contributed by atoms with van der Waals surface area (Å²) in [5.41, 5.74) is 18.2. The molecule has 0 amide bonds. The molecule has 0 bridgehead atoms. The van der Waals surface area contributed by atoms with Gasteiger partial charge in [-0.05, 0) is 138 Å². The van der Waals surface area contributed by atoms with Gasteiger partial charge in [-0.1, -0.05) is 97.6 Å². The molecule has 0 heterocycles. The van der Waals surface area contributed by atoms with Crippen molar-refractivity contribution in [1.82, 2.24) is 35.6 Å². The first-order valence-electron chi connectivity index (χ1n) is 29.6. The Morgan fingerprint density at radius 3 is 1.65 bits per heavy atom. The van der Waals surface area contributed by atoms with Gasteiger partial charge in [-0.2, -0.15) is 16.8 Å². The third kappa shape index (κ3) is 68.1. The van der Waals surface area contributed by atoms with Crippen LogP contribution in [0.1, 0.15) is 135 Å². The molecule has 15 N–H and O–H groups in total. The van der Waals surface area contributed by atoms with Gasteiger partial charge in [0.05, 0.1) is 60.8 Å². The predicted molar refractivity (Wildman–Crippen MR) is 358 cm³/mol. The number of allylic oxidation sites excluding steroid dienone is 9. The second-order valence-corrected chi connectivity index (χ2v) is 22.3. The normalized spacial score (nSPS) is 14.4. The third-order valence-corrected chi connectivity index (χ3v) is 12.4. The molecule has 0 aliphatic heterocycles. The molecule has 4 unspecified atom stereocenters. The van der Waals surface area contributed by atoms with Gasteiger partial charge in [-0.3, -0.25) is 39.2 Å². The second-order valence-electron chi connectivity index (χ2n) is 19.3. The molecule has 26 heteroatoms. The average Bonchev–Trinajstić information content (AvgIpc) is 3.43. The van der Waals surface area contributed by atoms with Crippen molar-refractivity contribution in [2.75, 3.05) is 111 Å². The Kier molecular flexibility index (Phi) is 62.2. The Balaban J connectivity index is -0.000000381. The van der Waals surface area contributed by atoms with Gasteiger partial charge in [0.2, 0.25) is 0 Å². The van der Waals surface area contributed by atoms with Crippen molar-refractivity contribution in [3.8, 4) is 12.3 Å². The summed E-state index contributed by atoms with van der Waals surface area (Å²) in [6.45, 7) is 38.8. The summed E-state index contributed by atoms with van der Waals surface area (Å²) in [7, 11) is -8.29. The van der Waals surface area contributed by atoms with Gasteiger partial charge in [0.15, 0.2) is 11.9 Å². The van der Waals surface area contributed by atoms with Crippen molar-refractivity contribution in [1.29, 1.82) is 0 Å². The Hall–Kier alpha value is -4.86. The molecule has 24 nitrogen and oxygen atoms in total. The highest BCUT2D eigenvalue weighted by molar-refractivity contribution is 7.90. The molecule has 0 aromatic heterocycles. The van der Waals surface area contributed by atoms with Crippen LogP contribution in [0.15, 0.2) is 91.8 Å². The molecule has 496 valence electrons. The number of hydrogen-bond donors (Lipinski definition) is 12. The SMILES string of the molecule is C#CC.C=C(/C=C\C=C/C/C=C/C/C=C\CC)S(=O)(=O)O.CC.CCN(CC)CCCN=C(N)N/C(N)=N\CN(CCC(C)O)CC(C)O.CCN(CC)CCCNCCC(N)=NC/C(=N\CN(CC(C)O)CC(C)O)N/C(C)=C/CS(=O)(=O)O. The number of nitrogens with one attached hydrogen (secondary N) is 3. The van der Waals surface area contributed by atoms with Crippen LogP contribution in [-0.4, -0.2) is 225 Å². The number of aliphatic hydroxyl groups excluding tert-OH is 4. The first kappa shape index (κ1) is 88.9. The third-order valence-electron chi connectivity index (χ3n) is 11.0. The molecule has 0 radical (unpaired) electrons. The Morgan fingerprint density at radius 1 is 0.659 bits per heavy atom.